The van der Waals surface area contributed by atoms with Crippen LogP contribution in [-0.2, 0) is 0 Å². The molecule has 1 saturated carbocycles. The highest BCUT2D eigenvalue weighted by molar-refractivity contribution is 9.10. The number of hydrogen-bond acceptors (Lipinski definition) is 4. The summed E-state index contributed by atoms with van der Waals surface area (Å²) in [6.07, 6.45) is 5.47. The lowest BCUT2D eigenvalue weighted by Crippen LogP contribution is -2.50. The first-order chi connectivity index (χ1) is 10.2. The number of H-pyrrole nitrogens is 1. The van der Waals surface area contributed by atoms with E-state index in [2.05, 4.69) is 41.8 Å². The molecular formula is C15H22BrN5. The van der Waals surface area contributed by atoms with Gasteiger partial charge in [-0.3, -0.25) is 9.80 Å². The summed E-state index contributed by atoms with van der Waals surface area (Å²) in [5.74, 6) is 0.849. The number of nitrogens with zero attached hydrogens (tertiary/aromatic N) is 4. The van der Waals surface area contributed by atoms with Gasteiger partial charge < -0.3 is 4.98 Å². The minimum absolute atomic E-state index is 0.230. The number of aromatic amines is 1. The predicted octanol–water partition coefficient (Wildman–Crippen LogP) is 2.61. The van der Waals surface area contributed by atoms with E-state index in [1.165, 1.54) is 25.7 Å². The summed E-state index contributed by atoms with van der Waals surface area (Å²) in [5, 5.41) is 9.57. The Labute approximate surface area is 134 Å². The number of piperazine rings is 1. The molecule has 1 saturated heterocycles. The molecule has 21 heavy (non-hydrogen) atoms. The average Bonchev–Trinajstić information content (AvgIpc) is 3.11. The van der Waals surface area contributed by atoms with Crippen molar-refractivity contribution in [2.45, 2.75) is 44.7 Å². The molecule has 0 bridgehead atoms. The summed E-state index contributed by atoms with van der Waals surface area (Å²) in [7, 11) is 0. The lowest BCUT2D eigenvalue weighted by molar-refractivity contribution is 0.0829. The highest BCUT2D eigenvalue weighted by Gasteiger charge is 2.31. The normalized spacial score (nSPS) is 23.3. The molecule has 2 fully saturated rings. The number of nitrogens with one attached hydrogen (secondary N) is 1. The SMILES string of the molecule is Cc1nc(Br)c(C(C#N)N2CCN(C3CCCC3)CC2)[nH]1. The van der Waals surface area contributed by atoms with Gasteiger partial charge in [0.1, 0.15) is 16.5 Å². The molecule has 2 heterocycles. The van der Waals surface area contributed by atoms with E-state index in [0.29, 0.717) is 0 Å². The van der Waals surface area contributed by atoms with Crippen LogP contribution in [0.25, 0.3) is 0 Å². The van der Waals surface area contributed by atoms with Crippen LogP contribution in [0.1, 0.15) is 43.2 Å². The van der Waals surface area contributed by atoms with Crippen molar-refractivity contribution in [3.63, 3.8) is 0 Å². The van der Waals surface area contributed by atoms with E-state index in [1.54, 1.807) is 0 Å². The van der Waals surface area contributed by atoms with Gasteiger partial charge in [0.25, 0.3) is 0 Å². The molecule has 1 aliphatic heterocycles. The second-order valence-corrected chi connectivity index (χ2v) is 6.82. The van der Waals surface area contributed by atoms with Crippen molar-refractivity contribution in [1.29, 1.82) is 5.26 Å². The highest BCUT2D eigenvalue weighted by atomic mass is 79.9. The van der Waals surface area contributed by atoms with E-state index >= 15 is 0 Å². The van der Waals surface area contributed by atoms with Gasteiger partial charge in [0.15, 0.2) is 0 Å². The van der Waals surface area contributed by atoms with Crippen molar-refractivity contribution in [2.75, 3.05) is 26.2 Å². The van der Waals surface area contributed by atoms with Gasteiger partial charge in [0.05, 0.1) is 11.8 Å². The summed E-state index contributed by atoms with van der Waals surface area (Å²) in [6, 6.07) is 2.99. The lowest BCUT2D eigenvalue weighted by Gasteiger charge is -2.39. The van der Waals surface area contributed by atoms with E-state index in [-0.39, 0.29) is 6.04 Å². The number of nitriles is 1. The molecule has 0 radical (unpaired) electrons. The molecule has 6 heteroatoms. The van der Waals surface area contributed by atoms with Gasteiger partial charge in [-0.25, -0.2) is 4.98 Å². The van der Waals surface area contributed by atoms with Crippen molar-refractivity contribution in [1.82, 2.24) is 19.8 Å². The lowest BCUT2D eigenvalue weighted by atomic mass is 10.1. The van der Waals surface area contributed by atoms with Crippen molar-refractivity contribution >= 4 is 15.9 Å². The second kappa shape index (κ2) is 6.47. The zero-order chi connectivity index (χ0) is 14.8. The monoisotopic (exact) mass is 351 g/mol. The van der Waals surface area contributed by atoms with Gasteiger partial charge in [0.2, 0.25) is 0 Å². The van der Waals surface area contributed by atoms with E-state index in [0.717, 1.165) is 48.3 Å². The molecule has 1 N–H and O–H groups in total. The van der Waals surface area contributed by atoms with Crippen LogP contribution in [-0.4, -0.2) is 52.0 Å². The van der Waals surface area contributed by atoms with E-state index in [1.807, 2.05) is 6.92 Å². The van der Waals surface area contributed by atoms with E-state index < -0.39 is 0 Å². The first-order valence-electron chi connectivity index (χ1n) is 7.78. The predicted molar refractivity (Wildman–Crippen MR) is 84.8 cm³/mol. The molecule has 114 valence electrons. The van der Waals surface area contributed by atoms with Crippen LogP contribution in [0, 0.1) is 18.3 Å². The molecule has 2 aliphatic rings. The third-order valence-electron chi connectivity index (χ3n) is 4.75. The topological polar surface area (TPSA) is 59.0 Å². The molecule has 0 amide bonds. The molecule has 1 aliphatic carbocycles. The molecule has 1 unspecified atom stereocenters. The van der Waals surface area contributed by atoms with Gasteiger partial charge in [-0.05, 0) is 35.7 Å². The van der Waals surface area contributed by atoms with Crippen LogP contribution >= 0.6 is 15.9 Å². The quantitative estimate of drug-likeness (QED) is 0.909. The van der Waals surface area contributed by atoms with Crippen LogP contribution in [0.15, 0.2) is 4.60 Å². The first-order valence-corrected chi connectivity index (χ1v) is 8.58. The summed E-state index contributed by atoms with van der Waals surface area (Å²) < 4.78 is 0.768. The third kappa shape index (κ3) is 3.15. The number of rotatable bonds is 3. The Bertz CT molecular complexity index is 521. The highest BCUT2D eigenvalue weighted by Crippen LogP contribution is 2.29. The molecule has 1 aromatic rings. The van der Waals surface area contributed by atoms with Gasteiger partial charge in [-0.15, -0.1) is 0 Å². The Morgan fingerprint density at radius 1 is 1.29 bits per heavy atom. The van der Waals surface area contributed by atoms with Crippen LogP contribution in [0.3, 0.4) is 0 Å². The van der Waals surface area contributed by atoms with E-state index in [4.69, 9.17) is 0 Å². The van der Waals surface area contributed by atoms with Gasteiger partial charge in [-0.1, -0.05) is 12.8 Å². The standard InChI is InChI=1S/C15H22BrN5/c1-11-18-14(15(16)19-11)13(10-17)21-8-6-20(7-9-21)12-4-2-3-5-12/h12-13H,2-9H2,1H3,(H,18,19). The number of imidazole rings is 1. The maximum absolute atomic E-state index is 9.57. The molecule has 0 spiro atoms. The Morgan fingerprint density at radius 2 is 1.95 bits per heavy atom. The largest absolute Gasteiger partial charge is 0.343 e. The summed E-state index contributed by atoms with van der Waals surface area (Å²) >= 11 is 3.46. The van der Waals surface area contributed by atoms with Crippen molar-refractivity contribution < 1.29 is 0 Å². The minimum Gasteiger partial charge on any atom is -0.343 e. The van der Waals surface area contributed by atoms with Crippen LogP contribution < -0.4 is 0 Å². The Hall–Kier alpha value is -0.900. The van der Waals surface area contributed by atoms with Crippen LogP contribution in [0.5, 0.6) is 0 Å². The average molecular weight is 352 g/mol. The van der Waals surface area contributed by atoms with Crippen molar-refractivity contribution in [3.8, 4) is 6.07 Å². The van der Waals surface area contributed by atoms with E-state index in [9.17, 15) is 5.26 Å². The smallest absolute Gasteiger partial charge is 0.141 e. The summed E-state index contributed by atoms with van der Waals surface area (Å²) in [5.41, 5.74) is 0.893. The maximum Gasteiger partial charge on any atom is 0.141 e. The van der Waals surface area contributed by atoms with Gasteiger partial charge in [0, 0.05) is 32.2 Å². The summed E-state index contributed by atoms with van der Waals surface area (Å²) in [4.78, 5) is 12.4. The fourth-order valence-corrected chi connectivity index (χ4v) is 4.20. The first kappa shape index (κ1) is 15.0. The second-order valence-electron chi connectivity index (χ2n) is 6.07. The Balaban J connectivity index is 1.64. The minimum atomic E-state index is -0.230. The number of aromatic nitrogens is 2. The molecule has 3 rings (SSSR count). The molecule has 1 atom stereocenters. The number of aryl methyl sites for hydroxylation is 1. The maximum atomic E-state index is 9.57. The Kier molecular flexibility index (Phi) is 4.63. The number of halogens is 1. The molecule has 1 aromatic heterocycles. The summed E-state index contributed by atoms with van der Waals surface area (Å²) in [6.45, 7) is 5.99. The van der Waals surface area contributed by atoms with Crippen molar-refractivity contribution in [2.24, 2.45) is 0 Å². The van der Waals surface area contributed by atoms with Gasteiger partial charge >= 0.3 is 0 Å². The van der Waals surface area contributed by atoms with Crippen LogP contribution in [0.4, 0.5) is 0 Å². The fraction of sp³-hybridized carbons (Fsp3) is 0.733. The third-order valence-corrected chi connectivity index (χ3v) is 5.36. The zero-order valence-electron chi connectivity index (χ0n) is 12.5. The molecular weight excluding hydrogens is 330 g/mol. The molecule has 5 nitrogen and oxygen atoms in total. The van der Waals surface area contributed by atoms with Crippen LogP contribution in [0.2, 0.25) is 0 Å². The molecule has 0 aromatic carbocycles. The zero-order valence-corrected chi connectivity index (χ0v) is 14.1. The van der Waals surface area contributed by atoms with Gasteiger partial charge in [-0.2, -0.15) is 5.26 Å². The Morgan fingerprint density at radius 3 is 2.48 bits per heavy atom. The fourth-order valence-electron chi connectivity index (χ4n) is 3.62. The number of hydrogen-bond donors (Lipinski definition) is 1. The van der Waals surface area contributed by atoms with Crippen molar-refractivity contribution in [3.05, 3.63) is 16.1 Å².